The predicted molar refractivity (Wildman–Crippen MR) is 80.5 cm³/mol. The summed E-state index contributed by atoms with van der Waals surface area (Å²) in [7, 11) is 0. The number of hydrogen-bond acceptors (Lipinski definition) is 5. The van der Waals surface area contributed by atoms with Gasteiger partial charge in [0.15, 0.2) is 0 Å². The maximum absolute atomic E-state index is 12.1. The lowest BCUT2D eigenvalue weighted by molar-refractivity contribution is -0.134. The molecule has 2 heterocycles. The van der Waals surface area contributed by atoms with Crippen LogP contribution in [0.1, 0.15) is 18.5 Å². The van der Waals surface area contributed by atoms with Gasteiger partial charge in [-0.1, -0.05) is 12.1 Å². The molecule has 7 heteroatoms. The molecule has 7 nitrogen and oxygen atoms in total. The van der Waals surface area contributed by atoms with Crippen LogP contribution in [0.25, 0.3) is 5.69 Å². The molecule has 1 aliphatic heterocycles. The van der Waals surface area contributed by atoms with Gasteiger partial charge < -0.3 is 15.4 Å². The zero-order valence-corrected chi connectivity index (χ0v) is 12.4. The molecule has 0 spiro atoms. The monoisotopic (exact) mass is 301 g/mol. The molecule has 0 bridgehead atoms. The molecule has 3 rings (SSSR count). The Morgan fingerprint density at radius 1 is 1.45 bits per heavy atom. The van der Waals surface area contributed by atoms with Crippen LogP contribution in [0.4, 0.5) is 0 Å². The Balaban J connectivity index is 1.62. The van der Waals surface area contributed by atoms with E-state index in [-0.39, 0.29) is 11.9 Å². The third-order valence-electron chi connectivity index (χ3n) is 3.66. The molecule has 116 valence electrons. The molecular weight excluding hydrogens is 282 g/mol. The van der Waals surface area contributed by atoms with Gasteiger partial charge in [-0.15, -0.1) is 0 Å². The standard InChI is InChI=1S/C15H19N5O2/c1-11(19-15(21)14-8-16-6-7-22-14)12-2-4-13(5-3-12)20-10-17-9-18-20/h2-5,9-11,14,16H,6-8H2,1H3,(H,19,21). The fraction of sp³-hybridized carbons (Fsp3) is 0.400. The van der Waals surface area contributed by atoms with Crippen molar-refractivity contribution in [3.63, 3.8) is 0 Å². The number of nitrogens with one attached hydrogen (secondary N) is 2. The van der Waals surface area contributed by atoms with E-state index in [9.17, 15) is 4.79 Å². The molecule has 2 atom stereocenters. The second-order valence-corrected chi connectivity index (χ2v) is 5.23. The second kappa shape index (κ2) is 6.67. The molecule has 1 aromatic heterocycles. The van der Waals surface area contributed by atoms with Crippen molar-refractivity contribution in [1.29, 1.82) is 0 Å². The van der Waals surface area contributed by atoms with Crippen LogP contribution >= 0.6 is 0 Å². The Kier molecular flexibility index (Phi) is 4.45. The highest BCUT2D eigenvalue weighted by molar-refractivity contribution is 5.81. The average Bonchev–Trinajstić information content (AvgIpc) is 3.10. The van der Waals surface area contributed by atoms with Crippen LogP contribution in [0.15, 0.2) is 36.9 Å². The number of aromatic nitrogens is 3. The van der Waals surface area contributed by atoms with Crippen LogP contribution in [0.5, 0.6) is 0 Å². The van der Waals surface area contributed by atoms with Crippen molar-refractivity contribution in [2.75, 3.05) is 19.7 Å². The summed E-state index contributed by atoms with van der Waals surface area (Å²) in [5.74, 6) is -0.0833. The Labute approximate surface area is 128 Å². The average molecular weight is 301 g/mol. The smallest absolute Gasteiger partial charge is 0.250 e. The van der Waals surface area contributed by atoms with Gasteiger partial charge >= 0.3 is 0 Å². The van der Waals surface area contributed by atoms with Gasteiger partial charge in [0.05, 0.1) is 18.3 Å². The van der Waals surface area contributed by atoms with Gasteiger partial charge in [-0.3, -0.25) is 4.79 Å². The van der Waals surface area contributed by atoms with Gasteiger partial charge in [-0.2, -0.15) is 5.10 Å². The topological polar surface area (TPSA) is 81.1 Å². The van der Waals surface area contributed by atoms with E-state index in [4.69, 9.17) is 4.74 Å². The highest BCUT2D eigenvalue weighted by Gasteiger charge is 2.23. The number of hydrogen-bond donors (Lipinski definition) is 2. The first kappa shape index (κ1) is 14.7. The molecule has 1 amide bonds. The molecule has 2 N–H and O–H groups in total. The highest BCUT2D eigenvalue weighted by Crippen LogP contribution is 2.15. The van der Waals surface area contributed by atoms with Gasteiger partial charge in [-0.25, -0.2) is 9.67 Å². The molecule has 0 aliphatic carbocycles. The summed E-state index contributed by atoms with van der Waals surface area (Å²) in [5.41, 5.74) is 1.96. The van der Waals surface area contributed by atoms with E-state index < -0.39 is 6.10 Å². The third kappa shape index (κ3) is 3.32. The summed E-state index contributed by atoms with van der Waals surface area (Å²) >= 11 is 0. The zero-order valence-electron chi connectivity index (χ0n) is 12.4. The van der Waals surface area contributed by atoms with Crippen molar-refractivity contribution in [2.24, 2.45) is 0 Å². The normalized spacial score (nSPS) is 19.6. The third-order valence-corrected chi connectivity index (χ3v) is 3.66. The van der Waals surface area contributed by atoms with Crippen molar-refractivity contribution < 1.29 is 9.53 Å². The molecule has 1 aliphatic rings. The largest absolute Gasteiger partial charge is 0.366 e. The lowest BCUT2D eigenvalue weighted by Crippen LogP contribution is -2.48. The summed E-state index contributed by atoms with van der Waals surface area (Å²) in [6, 6.07) is 7.77. The molecule has 1 saturated heterocycles. The molecule has 0 radical (unpaired) electrons. The zero-order chi connectivity index (χ0) is 15.4. The summed E-state index contributed by atoms with van der Waals surface area (Å²) in [6.07, 6.45) is 2.73. The highest BCUT2D eigenvalue weighted by atomic mass is 16.5. The fourth-order valence-corrected chi connectivity index (χ4v) is 2.38. The van der Waals surface area contributed by atoms with E-state index in [2.05, 4.69) is 20.7 Å². The number of benzene rings is 1. The number of ether oxygens (including phenoxy) is 1. The van der Waals surface area contributed by atoms with Gasteiger partial charge in [0.25, 0.3) is 5.91 Å². The SMILES string of the molecule is CC(NC(=O)C1CNCCO1)c1ccc(-n2cncn2)cc1. The minimum Gasteiger partial charge on any atom is -0.366 e. The summed E-state index contributed by atoms with van der Waals surface area (Å²) in [4.78, 5) is 16.1. The van der Waals surface area contributed by atoms with Crippen LogP contribution in [0.3, 0.4) is 0 Å². The Hall–Kier alpha value is -2.25. The van der Waals surface area contributed by atoms with Gasteiger partial charge in [0, 0.05) is 13.1 Å². The predicted octanol–water partition coefficient (Wildman–Crippen LogP) is 0.433. The van der Waals surface area contributed by atoms with Crippen LogP contribution in [0.2, 0.25) is 0 Å². The summed E-state index contributed by atoms with van der Waals surface area (Å²) in [5, 5.41) is 10.2. The van der Waals surface area contributed by atoms with Crippen LogP contribution in [-0.2, 0) is 9.53 Å². The Morgan fingerprint density at radius 2 is 2.27 bits per heavy atom. The molecule has 22 heavy (non-hydrogen) atoms. The number of nitrogens with zero attached hydrogens (tertiary/aromatic N) is 3. The maximum Gasteiger partial charge on any atom is 0.250 e. The van der Waals surface area contributed by atoms with Crippen molar-refractivity contribution in [1.82, 2.24) is 25.4 Å². The van der Waals surface area contributed by atoms with Gasteiger partial charge in [0.2, 0.25) is 0 Å². The van der Waals surface area contributed by atoms with Crippen LogP contribution < -0.4 is 10.6 Å². The molecule has 2 aromatic rings. The van der Waals surface area contributed by atoms with Crippen molar-refractivity contribution in [2.45, 2.75) is 19.1 Å². The molecule has 1 aromatic carbocycles. The van der Waals surface area contributed by atoms with Crippen molar-refractivity contribution in [3.8, 4) is 5.69 Å². The number of rotatable bonds is 4. The number of carbonyl (C=O) groups is 1. The number of carbonyl (C=O) groups excluding carboxylic acids is 1. The minimum atomic E-state index is -0.411. The van der Waals surface area contributed by atoms with Crippen molar-refractivity contribution in [3.05, 3.63) is 42.5 Å². The summed E-state index contributed by atoms with van der Waals surface area (Å²) in [6.45, 7) is 3.88. The molecular formula is C15H19N5O2. The molecule has 1 fully saturated rings. The first-order valence-electron chi connectivity index (χ1n) is 7.32. The number of amides is 1. The molecule has 2 unspecified atom stereocenters. The maximum atomic E-state index is 12.1. The van der Waals surface area contributed by atoms with E-state index >= 15 is 0 Å². The Bertz CT molecular complexity index is 605. The quantitative estimate of drug-likeness (QED) is 0.856. The first-order chi connectivity index (χ1) is 10.7. The number of morpholine rings is 1. The minimum absolute atomic E-state index is 0.0807. The molecule has 0 saturated carbocycles. The van der Waals surface area contributed by atoms with E-state index in [1.54, 1.807) is 11.0 Å². The lowest BCUT2D eigenvalue weighted by Gasteiger charge is -2.24. The van der Waals surface area contributed by atoms with Gasteiger partial charge in [-0.05, 0) is 24.6 Å². The first-order valence-corrected chi connectivity index (χ1v) is 7.32. The Morgan fingerprint density at radius 3 is 2.91 bits per heavy atom. The second-order valence-electron chi connectivity index (χ2n) is 5.23. The van der Waals surface area contributed by atoms with Crippen LogP contribution in [0, 0.1) is 0 Å². The van der Waals surface area contributed by atoms with E-state index in [1.165, 1.54) is 6.33 Å². The van der Waals surface area contributed by atoms with Crippen LogP contribution in [-0.4, -0.2) is 46.5 Å². The van der Waals surface area contributed by atoms with E-state index in [1.807, 2.05) is 31.2 Å². The van der Waals surface area contributed by atoms with Crippen molar-refractivity contribution >= 4 is 5.91 Å². The summed E-state index contributed by atoms with van der Waals surface area (Å²) < 4.78 is 7.14. The van der Waals surface area contributed by atoms with Gasteiger partial charge in [0.1, 0.15) is 18.8 Å². The lowest BCUT2D eigenvalue weighted by atomic mass is 10.1. The fourth-order valence-electron chi connectivity index (χ4n) is 2.38. The van der Waals surface area contributed by atoms with E-state index in [0.29, 0.717) is 13.2 Å². The van der Waals surface area contributed by atoms with E-state index in [0.717, 1.165) is 17.8 Å².